The van der Waals surface area contributed by atoms with E-state index in [0.29, 0.717) is 10.3 Å². The third-order valence-electron chi connectivity index (χ3n) is 5.52. The molecule has 0 radical (unpaired) electrons. The summed E-state index contributed by atoms with van der Waals surface area (Å²) in [5.74, 6) is -0.181. The highest BCUT2D eigenvalue weighted by molar-refractivity contribution is 7.71. The molecule has 156 valence electrons. The van der Waals surface area contributed by atoms with E-state index in [0.717, 1.165) is 54.9 Å². The highest BCUT2D eigenvalue weighted by atomic mass is 32.1. The average Bonchev–Trinajstić information content (AvgIpc) is 2.77. The van der Waals surface area contributed by atoms with Gasteiger partial charge < -0.3 is 15.2 Å². The van der Waals surface area contributed by atoms with Crippen LogP contribution >= 0.6 is 12.2 Å². The SMILES string of the molecule is CNC(=O)c1ccc(N2CCN(Cc3ccc4c(=S)n(C)c(=O)[nH]c4c3)CC2)cn1. The van der Waals surface area contributed by atoms with E-state index in [1.807, 2.05) is 18.2 Å². The Bertz CT molecular complexity index is 1190. The summed E-state index contributed by atoms with van der Waals surface area (Å²) in [6.07, 6.45) is 1.76. The molecule has 1 fully saturated rings. The summed E-state index contributed by atoms with van der Waals surface area (Å²) < 4.78 is 2.00. The summed E-state index contributed by atoms with van der Waals surface area (Å²) in [6.45, 7) is 4.42. The second-order valence-corrected chi connectivity index (χ2v) is 7.80. The monoisotopic (exact) mass is 424 g/mol. The van der Waals surface area contributed by atoms with Crippen molar-refractivity contribution < 1.29 is 4.79 Å². The van der Waals surface area contributed by atoms with Gasteiger partial charge in [0.25, 0.3) is 5.91 Å². The highest BCUT2D eigenvalue weighted by Gasteiger charge is 2.18. The van der Waals surface area contributed by atoms with Gasteiger partial charge in [-0.1, -0.05) is 18.3 Å². The van der Waals surface area contributed by atoms with E-state index in [9.17, 15) is 9.59 Å². The number of nitrogens with one attached hydrogen (secondary N) is 2. The number of benzene rings is 1. The predicted molar refractivity (Wildman–Crippen MR) is 119 cm³/mol. The molecule has 0 unspecified atom stereocenters. The third-order valence-corrected chi connectivity index (χ3v) is 6.01. The van der Waals surface area contributed by atoms with Crippen LogP contribution in [0.2, 0.25) is 0 Å². The topological polar surface area (TPSA) is 86.3 Å². The molecule has 30 heavy (non-hydrogen) atoms. The van der Waals surface area contributed by atoms with Crippen LogP contribution in [0.4, 0.5) is 5.69 Å². The predicted octanol–water partition coefficient (Wildman–Crippen LogP) is 1.67. The number of pyridine rings is 1. The van der Waals surface area contributed by atoms with Crippen LogP contribution in [0.3, 0.4) is 0 Å². The van der Waals surface area contributed by atoms with Gasteiger partial charge in [0.15, 0.2) is 0 Å². The molecule has 0 atom stereocenters. The van der Waals surface area contributed by atoms with Crippen molar-refractivity contribution in [1.82, 2.24) is 24.8 Å². The number of anilines is 1. The Hall–Kier alpha value is -3.04. The maximum atomic E-state index is 12.0. The van der Waals surface area contributed by atoms with Gasteiger partial charge in [0.2, 0.25) is 0 Å². The number of piperazine rings is 1. The number of amides is 1. The lowest BCUT2D eigenvalue weighted by Crippen LogP contribution is -2.46. The number of carbonyl (C=O) groups is 1. The van der Waals surface area contributed by atoms with Crippen LogP contribution in [0.15, 0.2) is 41.3 Å². The number of hydrogen-bond donors (Lipinski definition) is 2. The molecule has 0 spiro atoms. The fraction of sp³-hybridized carbons (Fsp3) is 0.333. The number of nitrogens with zero attached hydrogens (tertiary/aromatic N) is 4. The molecule has 1 aromatic carbocycles. The van der Waals surface area contributed by atoms with Gasteiger partial charge in [-0.2, -0.15) is 0 Å². The first-order valence-corrected chi connectivity index (χ1v) is 10.2. The second-order valence-electron chi connectivity index (χ2n) is 7.42. The van der Waals surface area contributed by atoms with Gasteiger partial charge in [0, 0.05) is 52.2 Å². The zero-order valence-electron chi connectivity index (χ0n) is 17.0. The van der Waals surface area contributed by atoms with Crippen LogP contribution < -0.4 is 15.9 Å². The Kier molecular flexibility index (Phi) is 5.65. The summed E-state index contributed by atoms with van der Waals surface area (Å²) >= 11 is 5.38. The Balaban J connectivity index is 1.41. The van der Waals surface area contributed by atoms with Crippen molar-refractivity contribution in [2.75, 3.05) is 38.1 Å². The van der Waals surface area contributed by atoms with Crippen LogP contribution in [0, 0.1) is 4.64 Å². The fourth-order valence-corrected chi connectivity index (χ4v) is 3.97. The van der Waals surface area contributed by atoms with Gasteiger partial charge in [-0.3, -0.25) is 14.3 Å². The normalized spacial score (nSPS) is 14.8. The summed E-state index contributed by atoms with van der Waals surface area (Å²) in [5, 5.41) is 3.46. The van der Waals surface area contributed by atoms with Gasteiger partial charge in [-0.05, 0) is 29.8 Å². The molecule has 9 heteroatoms. The molecular formula is C21H24N6O2S. The lowest BCUT2D eigenvalue weighted by Gasteiger charge is -2.36. The maximum absolute atomic E-state index is 12.0. The largest absolute Gasteiger partial charge is 0.368 e. The first-order chi connectivity index (χ1) is 14.5. The molecule has 0 bridgehead atoms. The molecule has 1 aliphatic rings. The van der Waals surface area contributed by atoms with Gasteiger partial charge in [0.05, 0.1) is 17.4 Å². The van der Waals surface area contributed by atoms with E-state index in [-0.39, 0.29) is 11.6 Å². The fourth-order valence-electron chi connectivity index (χ4n) is 3.71. The summed E-state index contributed by atoms with van der Waals surface area (Å²) in [6, 6.07) is 9.77. The van der Waals surface area contributed by atoms with E-state index in [1.165, 1.54) is 4.57 Å². The van der Waals surface area contributed by atoms with E-state index < -0.39 is 0 Å². The highest BCUT2D eigenvalue weighted by Crippen LogP contribution is 2.19. The molecule has 1 saturated heterocycles. The lowest BCUT2D eigenvalue weighted by molar-refractivity contribution is 0.0958. The summed E-state index contributed by atoms with van der Waals surface area (Å²) in [4.78, 5) is 35.5. The molecule has 1 amide bonds. The number of fused-ring (bicyclic) bond motifs is 1. The maximum Gasteiger partial charge on any atom is 0.326 e. The van der Waals surface area contributed by atoms with Gasteiger partial charge in [-0.25, -0.2) is 9.78 Å². The molecule has 4 rings (SSSR count). The first-order valence-electron chi connectivity index (χ1n) is 9.83. The molecule has 1 aliphatic heterocycles. The number of rotatable bonds is 4. The molecule has 2 N–H and O–H groups in total. The minimum Gasteiger partial charge on any atom is -0.368 e. The van der Waals surface area contributed by atoms with Crippen molar-refractivity contribution in [3.8, 4) is 0 Å². The summed E-state index contributed by atoms with van der Waals surface area (Å²) in [5.41, 5.74) is 3.17. The van der Waals surface area contributed by atoms with Crippen molar-refractivity contribution in [2.24, 2.45) is 7.05 Å². The van der Waals surface area contributed by atoms with E-state index in [1.54, 1.807) is 26.4 Å². The van der Waals surface area contributed by atoms with Crippen LogP contribution in [0.1, 0.15) is 16.1 Å². The third kappa shape index (κ3) is 3.99. The molecule has 2 aromatic heterocycles. The zero-order valence-corrected chi connectivity index (χ0v) is 17.8. The Labute approximate surface area is 179 Å². The van der Waals surface area contributed by atoms with Crippen molar-refractivity contribution >= 4 is 34.7 Å². The zero-order chi connectivity index (χ0) is 21.3. The van der Waals surface area contributed by atoms with Crippen molar-refractivity contribution in [1.29, 1.82) is 0 Å². The number of aromatic nitrogens is 3. The minimum atomic E-state index is -0.200. The minimum absolute atomic E-state index is 0.181. The number of carbonyl (C=O) groups excluding carboxylic acids is 1. The van der Waals surface area contributed by atoms with E-state index >= 15 is 0 Å². The molecule has 8 nitrogen and oxygen atoms in total. The van der Waals surface area contributed by atoms with Crippen LogP contribution in [0.25, 0.3) is 10.9 Å². The van der Waals surface area contributed by atoms with E-state index in [4.69, 9.17) is 12.2 Å². The number of H-pyrrole nitrogens is 1. The smallest absolute Gasteiger partial charge is 0.326 e. The molecule has 3 heterocycles. The summed E-state index contributed by atoms with van der Waals surface area (Å²) in [7, 11) is 3.27. The second kappa shape index (κ2) is 8.37. The van der Waals surface area contributed by atoms with Crippen LogP contribution in [0.5, 0.6) is 0 Å². The number of hydrogen-bond acceptors (Lipinski definition) is 6. The Morgan fingerprint density at radius 2 is 1.97 bits per heavy atom. The average molecular weight is 425 g/mol. The first kappa shape index (κ1) is 20.2. The number of aromatic amines is 1. The van der Waals surface area contributed by atoms with Gasteiger partial charge >= 0.3 is 5.69 Å². The molecular weight excluding hydrogens is 400 g/mol. The van der Waals surface area contributed by atoms with Crippen LogP contribution in [-0.4, -0.2) is 58.6 Å². The molecule has 0 saturated carbocycles. The van der Waals surface area contributed by atoms with Gasteiger partial charge in [0.1, 0.15) is 10.3 Å². The Morgan fingerprint density at radius 1 is 1.20 bits per heavy atom. The van der Waals surface area contributed by atoms with Crippen molar-refractivity contribution in [2.45, 2.75) is 6.54 Å². The van der Waals surface area contributed by atoms with E-state index in [2.05, 4.69) is 31.2 Å². The molecule has 0 aliphatic carbocycles. The molecule has 3 aromatic rings. The Morgan fingerprint density at radius 3 is 2.63 bits per heavy atom. The van der Waals surface area contributed by atoms with Crippen LogP contribution in [-0.2, 0) is 13.6 Å². The lowest BCUT2D eigenvalue weighted by atomic mass is 10.1. The quantitative estimate of drug-likeness (QED) is 0.620. The van der Waals surface area contributed by atoms with Crippen molar-refractivity contribution in [3.63, 3.8) is 0 Å². The standard InChI is InChI=1S/C21H24N6O2S/c1-22-19(28)17-6-4-15(12-23-17)27-9-7-26(8-10-27)13-14-3-5-16-18(11-14)24-21(29)25(2)20(16)30/h3-6,11-12H,7-10,13H2,1-2H3,(H,22,28)(H,24,29). The van der Waals surface area contributed by atoms with Crippen molar-refractivity contribution in [3.05, 3.63) is 62.9 Å². The van der Waals surface area contributed by atoms with Gasteiger partial charge in [-0.15, -0.1) is 0 Å².